The van der Waals surface area contributed by atoms with Crippen LogP contribution in [0.2, 0.25) is 0 Å². The van der Waals surface area contributed by atoms with E-state index < -0.39 is 62.3 Å². The maximum Gasteiger partial charge on any atom is 0.147 e. The lowest BCUT2D eigenvalue weighted by Crippen LogP contribution is -2.42. The van der Waals surface area contributed by atoms with Crippen molar-refractivity contribution in [2.24, 2.45) is 0 Å². The predicted octanol–water partition coefficient (Wildman–Crippen LogP) is 17.2. The van der Waals surface area contributed by atoms with Crippen molar-refractivity contribution in [1.82, 2.24) is 14.7 Å². The first kappa shape index (κ1) is 43.3. The number of hydrogen-bond donors (Lipinski definition) is 0. The molecule has 1 unspecified atom stereocenters. The molecule has 0 aromatic heterocycles. The summed E-state index contributed by atoms with van der Waals surface area (Å²) in [4.78, 5) is 44.1. The fourth-order valence-corrected chi connectivity index (χ4v) is 9.35. The number of ketones is 3. The zero-order valence-electron chi connectivity index (χ0n) is 69.9. The van der Waals surface area contributed by atoms with Crippen molar-refractivity contribution in [2.45, 2.75) is 157 Å². The lowest BCUT2D eigenvalue weighted by atomic mass is 9.67. The van der Waals surface area contributed by atoms with E-state index in [1.54, 1.807) is 67.7 Å². The monoisotopic (exact) mass is 1050 g/mol. The normalized spacial score (nSPS) is 15.9. The Morgan fingerprint density at radius 2 is 0.613 bits per heavy atom. The van der Waals surface area contributed by atoms with Crippen LogP contribution in [0.3, 0.4) is 0 Å². The van der Waals surface area contributed by atoms with Gasteiger partial charge in [-0.1, -0.05) is 245 Å². The summed E-state index contributed by atoms with van der Waals surface area (Å²) in [7, 11) is 8.23. The second kappa shape index (κ2) is 35.5. The topological polar surface area (TPSA) is 60.9 Å². The molecule has 6 aromatic carbocycles. The first-order valence-corrected chi connectivity index (χ1v) is 26.0. The molecule has 0 saturated heterocycles. The van der Waals surface area contributed by atoms with Gasteiger partial charge in [0.15, 0.2) is 0 Å². The van der Waals surface area contributed by atoms with Gasteiger partial charge in [0.05, 0.1) is 16.2 Å². The second-order valence-corrected chi connectivity index (χ2v) is 18.2. The number of benzene rings is 6. The molecule has 6 aromatic rings. The lowest BCUT2D eigenvalue weighted by molar-refractivity contribution is -0.124. The average molecular weight is 1050 g/mol. The van der Waals surface area contributed by atoms with Gasteiger partial charge < -0.3 is 14.7 Å². The predicted molar refractivity (Wildman–Crippen MR) is 335 cm³/mol. The highest BCUT2D eigenvalue weighted by Crippen LogP contribution is 2.42. The van der Waals surface area contributed by atoms with Gasteiger partial charge in [-0.3, -0.25) is 14.4 Å². The summed E-state index contributed by atoms with van der Waals surface area (Å²) in [5.41, 5.74) is 1.94. The molecule has 0 spiro atoms. The SMILES string of the molecule is CC.CC.CCC(=O)C(C[C@H](C)N(C)C)(c1ccccc1)c1ccccc1.[2H]C.[2H]C.[2H]C([2H])([2H])CC(=O)C(CC(C)N(C([2H])([2H])[2H])C([2H])([2H])[2H])(c1ccccc1)c1ccccc1.[2H]C([2H])([2H])N(C)[C@@H](C)CC(C(=O)CC)(c1ccccc1)c1ccccc1.[2H][2H].[2H][2H].[2H][2H].[2H][2H]. The van der Waals surface area contributed by atoms with E-state index in [0.717, 1.165) is 28.7 Å². The summed E-state index contributed by atoms with van der Waals surface area (Å²) in [6, 6.07) is 55.7. The highest BCUT2D eigenvalue weighted by atomic mass is 16.1. The van der Waals surface area contributed by atoms with Gasteiger partial charge >= 0.3 is 0 Å². The molecule has 0 aliphatic rings. The molecule has 0 saturated carbocycles. The number of Topliss-reactive ketones (excluding diaryl/α,β-unsaturated/α-hetero) is 3. The highest BCUT2D eigenvalue weighted by molar-refractivity contribution is 5.95. The Bertz CT molecular complexity index is 2740. The molecule has 418 valence electrons. The van der Waals surface area contributed by atoms with Gasteiger partial charge in [0, 0.05) is 68.5 Å². The number of carbonyl (C=O) groups excluding carboxylic acids is 3. The molecule has 3 atom stereocenters. The summed E-state index contributed by atoms with van der Waals surface area (Å²) >= 11 is 0. The Morgan fingerprint density at radius 3 is 0.800 bits per heavy atom. The molecule has 0 amide bonds. The van der Waals surface area contributed by atoms with Crippen LogP contribution in [0.15, 0.2) is 182 Å². The van der Waals surface area contributed by atoms with E-state index in [0.29, 0.717) is 41.3 Å². The minimum absolute atomic E-state index is 0.0979. The molecule has 0 heterocycles. The zero-order valence-corrected chi connectivity index (χ0v) is 47.9. The first-order chi connectivity index (χ1) is 45.8. The third-order valence-electron chi connectivity index (χ3n) is 13.6. The molecule has 0 radical (unpaired) electrons. The molecule has 0 aliphatic carbocycles. The van der Waals surface area contributed by atoms with Crippen LogP contribution in [0.5, 0.6) is 0 Å². The Hall–Kier alpha value is -5.79. The van der Waals surface area contributed by atoms with Gasteiger partial charge in [0.2, 0.25) is 0 Å². The summed E-state index contributed by atoms with van der Waals surface area (Å²) in [6.07, 6.45) is 1.12. The van der Waals surface area contributed by atoms with Crippen molar-refractivity contribution in [2.75, 3.05) is 42.1 Å². The maximum atomic E-state index is 13.7. The fourth-order valence-electron chi connectivity index (χ4n) is 9.35. The van der Waals surface area contributed by atoms with Crippen molar-refractivity contribution in [3.05, 3.63) is 215 Å². The van der Waals surface area contributed by atoms with Gasteiger partial charge in [-0.25, -0.2) is 0 Å². The minimum Gasteiger partial charge on any atom is -0.307 e. The van der Waals surface area contributed by atoms with E-state index in [9.17, 15) is 14.4 Å². The smallest absolute Gasteiger partial charge is 0.147 e. The molecular weight excluding hydrogens is 919 g/mol. The molecule has 75 heavy (non-hydrogen) atoms. The highest BCUT2D eigenvalue weighted by Gasteiger charge is 2.44. The standard InChI is InChI=1S/3C21H27NO.2C2H6.2CH4.4H2/c3*1-5-20(23)21(16-17(2)22(3)4,18-12-8-6-9-13-18)19-14-10-7-11-15-19;2*1-2;;;;;;/h3*6-15,17H,5,16H2,1-4H3;2*1-2H3;2*1H4;4*1H/t2*17-;;;;;;;;;/m00........./s1/i3D3;;1D3,3D3,4D3;;;2*1D;4*1+1D. The number of rotatable bonds is 21. The van der Waals surface area contributed by atoms with Crippen LogP contribution in [0.4, 0.5) is 0 Å². The quantitative estimate of drug-likeness (QED) is 0.0716. The van der Waals surface area contributed by atoms with Crippen molar-refractivity contribution in [3.8, 4) is 0 Å². The van der Waals surface area contributed by atoms with Crippen LogP contribution in [0, 0.1) is 0 Å². The fraction of sp³-hybridized carbons (Fsp3) is 0.435. The van der Waals surface area contributed by atoms with E-state index >= 15 is 0 Å². The lowest BCUT2D eigenvalue weighted by Gasteiger charge is -2.37. The van der Waals surface area contributed by atoms with Gasteiger partial charge in [0.25, 0.3) is 0 Å². The summed E-state index contributed by atoms with van der Waals surface area (Å²) in [5.74, 6) is -0.248. The van der Waals surface area contributed by atoms with Crippen LogP contribution in [-0.2, 0) is 30.6 Å². The van der Waals surface area contributed by atoms with Gasteiger partial charge in [-0.2, -0.15) is 0 Å². The van der Waals surface area contributed by atoms with Gasteiger partial charge in [0.1, 0.15) is 17.3 Å². The van der Waals surface area contributed by atoms with E-state index in [2.05, 4.69) is 50.2 Å². The van der Waals surface area contributed by atoms with E-state index in [1.165, 1.54) is 26.6 Å². The maximum absolute atomic E-state index is 13.7. The van der Waals surface area contributed by atoms with Crippen LogP contribution >= 0.6 is 0 Å². The third-order valence-corrected chi connectivity index (χ3v) is 13.6. The minimum atomic E-state index is -2.95. The van der Waals surface area contributed by atoms with E-state index in [-0.39, 0.29) is 24.0 Å². The van der Waals surface area contributed by atoms with E-state index in [1.807, 2.05) is 146 Å². The Labute approximate surface area is 491 Å². The molecule has 6 rings (SSSR count). The molecule has 0 aliphatic heterocycles. The molecule has 0 N–H and O–H groups in total. The summed E-state index contributed by atoms with van der Waals surface area (Å²) < 4.78 is 144. The molecule has 0 fully saturated rings. The van der Waals surface area contributed by atoms with Crippen molar-refractivity contribution < 1.29 is 45.5 Å². The van der Waals surface area contributed by atoms with Crippen LogP contribution in [0.25, 0.3) is 0 Å². The van der Waals surface area contributed by atoms with Crippen LogP contribution in [-0.4, -0.2) is 92.2 Å². The van der Waals surface area contributed by atoms with Gasteiger partial charge in [-0.05, 0) is 115 Å². The molecule has 6 nitrogen and oxygen atoms in total. The van der Waals surface area contributed by atoms with Crippen molar-refractivity contribution in [1.29, 1.82) is 0 Å². The van der Waals surface area contributed by atoms with E-state index in [4.69, 9.17) is 31.1 Å². The van der Waals surface area contributed by atoms with Gasteiger partial charge in [-0.15, -0.1) is 0 Å². The molecule has 0 bridgehead atoms. The Kier molecular flexibility index (Phi) is 20.5. The third kappa shape index (κ3) is 17.9. The molecule has 6 heteroatoms. The van der Waals surface area contributed by atoms with Crippen molar-refractivity contribution >= 4 is 17.3 Å². The van der Waals surface area contributed by atoms with Crippen LogP contribution in [0.1, 0.15) is 187 Å². The van der Waals surface area contributed by atoms with Crippen molar-refractivity contribution in [3.63, 3.8) is 0 Å². The largest absolute Gasteiger partial charge is 0.307 e. The average Bonchev–Trinajstić information content (AvgIpc) is 0.770. The summed E-state index contributed by atoms with van der Waals surface area (Å²) in [5, 5.41) is 0. The van der Waals surface area contributed by atoms with Crippen LogP contribution < -0.4 is 0 Å². The summed E-state index contributed by atoms with van der Waals surface area (Å²) in [6.45, 7) is 6.66. The first-order valence-electron chi connectivity index (χ1n) is 38.0. The number of hydrogen-bond acceptors (Lipinski definition) is 6. The second-order valence-electron chi connectivity index (χ2n) is 18.2. The Morgan fingerprint density at radius 1 is 0.413 bits per heavy atom. The zero-order chi connectivity index (χ0) is 76.6. The number of nitrogens with zero attached hydrogens (tertiary/aromatic N) is 3. The molecular formula is C69H109N3O3. The number of carbonyl (C=O) groups is 3. The Balaban J connectivity index is -0.000000398.